The van der Waals surface area contributed by atoms with Crippen LogP contribution in [0.3, 0.4) is 0 Å². The van der Waals surface area contributed by atoms with Crippen LogP contribution in [0.4, 0.5) is 0 Å². The van der Waals surface area contributed by atoms with E-state index in [0.717, 1.165) is 6.29 Å². The minimum Gasteiger partial charge on any atom is -0.393 e. The van der Waals surface area contributed by atoms with Crippen molar-refractivity contribution in [1.29, 1.82) is 0 Å². The van der Waals surface area contributed by atoms with Gasteiger partial charge < -0.3 is 24.5 Å². The molecule has 0 aromatic rings. The molecule has 1 saturated heterocycles. The molecule has 0 saturated carbocycles. The van der Waals surface area contributed by atoms with Crippen LogP contribution in [-0.4, -0.2) is 67.3 Å². The number of ether oxygens (including phenoxy) is 2. The summed E-state index contributed by atoms with van der Waals surface area (Å²) in [5.41, 5.74) is 0. The fraction of sp³-hybridized carbons (Fsp3) is 0.938. The molecular formula is C16H30O7. The van der Waals surface area contributed by atoms with Crippen molar-refractivity contribution in [3.63, 3.8) is 0 Å². The van der Waals surface area contributed by atoms with Crippen LogP contribution in [-0.2, 0) is 24.0 Å². The molecule has 0 amide bonds. The molecule has 0 bridgehead atoms. The molecule has 0 aromatic carbocycles. The van der Waals surface area contributed by atoms with Crippen LogP contribution in [0.15, 0.2) is 0 Å². The second-order valence-corrected chi connectivity index (χ2v) is 5.84. The van der Waals surface area contributed by atoms with Gasteiger partial charge in [-0.1, -0.05) is 13.8 Å². The van der Waals surface area contributed by atoms with Crippen molar-refractivity contribution in [2.75, 3.05) is 26.4 Å². The first-order valence-electron chi connectivity index (χ1n) is 8.39. The van der Waals surface area contributed by atoms with Crippen LogP contribution >= 0.6 is 0 Å². The molecule has 0 spiro atoms. The predicted octanol–water partition coefficient (Wildman–Crippen LogP) is 0.856. The van der Waals surface area contributed by atoms with Crippen molar-refractivity contribution in [2.45, 2.75) is 63.9 Å². The van der Waals surface area contributed by atoms with E-state index in [1.165, 1.54) is 0 Å². The minimum atomic E-state index is -0.539. The second-order valence-electron chi connectivity index (χ2n) is 5.84. The van der Waals surface area contributed by atoms with Crippen molar-refractivity contribution in [3.8, 4) is 0 Å². The molecular weight excluding hydrogens is 304 g/mol. The van der Waals surface area contributed by atoms with Gasteiger partial charge >= 0.3 is 0 Å². The smallest absolute Gasteiger partial charge is 0.125 e. The molecule has 5 unspecified atom stereocenters. The van der Waals surface area contributed by atoms with Crippen LogP contribution in [0, 0.1) is 5.92 Å². The Morgan fingerprint density at radius 3 is 2.43 bits per heavy atom. The van der Waals surface area contributed by atoms with Crippen LogP contribution in [0.2, 0.25) is 0 Å². The molecule has 2 N–H and O–H groups in total. The highest BCUT2D eigenvalue weighted by Gasteiger charge is 2.38. The maximum absolute atomic E-state index is 10.4. The summed E-state index contributed by atoms with van der Waals surface area (Å²) in [6, 6.07) is 0. The third-order valence-electron chi connectivity index (χ3n) is 4.03. The third kappa shape index (κ3) is 7.69. The maximum atomic E-state index is 10.4. The molecule has 1 rings (SSSR count). The van der Waals surface area contributed by atoms with E-state index in [2.05, 4.69) is 0 Å². The van der Waals surface area contributed by atoms with Gasteiger partial charge in [0.05, 0.1) is 38.1 Å². The van der Waals surface area contributed by atoms with Crippen molar-refractivity contribution < 1.29 is 34.3 Å². The molecule has 0 radical (unpaired) electrons. The van der Waals surface area contributed by atoms with Crippen LogP contribution in [0.25, 0.3) is 0 Å². The first kappa shape index (κ1) is 20.5. The Kier molecular flexibility index (Phi) is 10.6. The van der Waals surface area contributed by atoms with Gasteiger partial charge in [0.1, 0.15) is 19.0 Å². The number of aliphatic hydroxyl groups is 2. The summed E-state index contributed by atoms with van der Waals surface area (Å²) in [7, 11) is 0. The van der Waals surface area contributed by atoms with Crippen molar-refractivity contribution in [3.05, 3.63) is 0 Å². The second kappa shape index (κ2) is 11.9. The number of aldehydes is 1. The highest BCUT2D eigenvalue weighted by atomic mass is 17.2. The number of carbonyl (C=O) groups is 1. The molecule has 1 aliphatic rings. The SMILES string of the molecule is CCC(O)COC(COCCC=O)C(CC(O)CC)C1COO1. The van der Waals surface area contributed by atoms with E-state index < -0.39 is 12.2 Å². The fourth-order valence-electron chi connectivity index (χ4n) is 2.34. The Labute approximate surface area is 137 Å². The standard InChI is InChI=1S/C16H30O7/c1-3-12(18)8-14(16-11-22-23-16)15(10-20-7-5-6-17)21-9-13(19)4-2/h6,12-16,18-19H,3-5,7-11H2,1-2H3. The van der Waals surface area contributed by atoms with Gasteiger partial charge in [-0.15, -0.1) is 0 Å². The summed E-state index contributed by atoms with van der Waals surface area (Å²) in [4.78, 5) is 20.3. The highest BCUT2D eigenvalue weighted by Crippen LogP contribution is 2.28. The Hall–Kier alpha value is -0.570. The average Bonchev–Trinajstić information content (AvgIpc) is 2.51. The quantitative estimate of drug-likeness (QED) is 0.276. The Morgan fingerprint density at radius 1 is 1.22 bits per heavy atom. The lowest BCUT2D eigenvalue weighted by molar-refractivity contribution is -0.440. The molecule has 1 aliphatic heterocycles. The van der Waals surface area contributed by atoms with Gasteiger partial charge in [-0.2, -0.15) is 0 Å². The average molecular weight is 334 g/mol. The first-order valence-corrected chi connectivity index (χ1v) is 8.39. The number of hydrogen-bond donors (Lipinski definition) is 2. The summed E-state index contributed by atoms with van der Waals surface area (Å²) in [5, 5.41) is 19.7. The van der Waals surface area contributed by atoms with E-state index in [1.54, 1.807) is 0 Å². The highest BCUT2D eigenvalue weighted by molar-refractivity contribution is 5.49. The molecule has 136 valence electrons. The molecule has 0 aliphatic carbocycles. The maximum Gasteiger partial charge on any atom is 0.125 e. The van der Waals surface area contributed by atoms with Crippen LogP contribution < -0.4 is 0 Å². The van der Waals surface area contributed by atoms with E-state index in [4.69, 9.17) is 19.2 Å². The zero-order valence-electron chi connectivity index (χ0n) is 14.1. The summed E-state index contributed by atoms with van der Waals surface area (Å²) in [6.45, 7) is 5.05. The summed E-state index contributed by atoms with van der Waals surface area (Å²) in [5.74, 6) is -0.0982. The van der Waals surface area contributed by atoms with Crippen molar-refractivity contribution in [1.82, 2.24) is 0 Å². The van der Waals surface area contributed by atoms with Gasteiger partial charge in [-0.3, -0.25) is 0 Å². The minimum absolute atomic E-state index is 0.0982. The van der Waals surface area contributed by atoms with Gasteiger partial charge in [0.25, 0.3) is 0 Å². The van der Waals surface area contributed by atoms with Gasteiger partial charge in [0.2, 0.25) is 0 Å². The van der Waals surface area contributed by atoms with E-state index in [0.29, 0.717) is 38.9 Å². The Balaban J connectivity index is 2.62. The number of rotatable bonds is 14. The topological polar surface area (TPSA) is 94.5 Å². The van der Waals surface area contributed by atoms with E-state index in [-0.39, 0.29) is 31.3 Å². The number of aliphatic hydroxyl groups excluding tert-OH is 2. The molecule has 0 aromatic heterocycles. The van der Waals surface area contributed by atoms with Gasteiger partial charge in [-0.05, 0) is 19.3 Å². The van der Waals surface area contributed by atoms with E-state index >= 15 is 0 Å². The molecule has 5 atom stereocenters. The van der Waals surface area contributed by atoms with Crippen LogP contribution in [0.1, 0.15) is 39.5 Å². The Bertz CT molecular complexity index is 309. The molecule has 1 heterocycles. The summed E-state index contributed by atoms with van der Waals surface area (Å²) >= 11 is 0. The fourth-order valence-corrected chi connectivity index (χ4v) is 2.34. The summed E-state index contributed by atoms with van der Waals surface area (Å²) < 4.78 is 11.3. The first-order chi connectivity index (χ1) is 11.1. The number of carbonyl (C=O) groups excluding carboxylic acids is 1. The molecule has 7 heteroatoms. The lowest BCUT2D eigenvalue weighted by atomic mass is 9.89. The zero-order valence-corrected chi connectivity index (χ0v) is 14.1. The molecule has 23 heavy (non-hydrogen) atoms. The predicted molar refractivity (Wildman–Crippen MR) is 82.8 cm³/mol. The lowest BCUT2D eigenvalue weighted by Crippen LogP contribution is -2.47. The largest absolute Gasteiger partial charge is 0.393 e. The van der Waals surface area contributed by atoms with Crippen molar-refractivity contribution >= 4 is 6.29 Å². The van der Waals surface area contributed by atoms with Gasteiger partial charge in [0.15, 0.2) is 0 Å². The normalized spacial score (nSPS) is 22.9. The van der Waals surface area contributed by atoms with Gasteiger partial charge in [0, 0.05) is 12.3 Å². The van der Waals surface area contributed by atoms with E-state index in [1.807, 2.05) is 13.8 Å². The van der Waals surface area contributed by atoms with E-state index in [9.17, 15) is 15.0 Å². The van der Waals surface area contributed by atoms with Gasteiger partial charge in [-0.25, -0.2) is 9.78 Å². The number of hydrogen-bond acceptors (Lipinski definition) is 7. The summed E-state index contributed by atoms with van der Waals surface area (Å²) in [6.07, 6.45) is 1.39. The third-order valence-corrected chi connectivity index (χ3v) is 4.03. The van der Waals surface area contributed by atoms with Crippen LogP contribution in [0.5, 0.6) is 0 Å². The van der Waals surface area contributed by atoms with Crippen molar-refractivity contribution in [2.24, 2.45) is 5.92 Å². The Morgan fingerprint density at radius 2 is 1.91 bits per heavy atom. The molecule has 7 nitrogen and oxygen atoms in total. The monoisotopic (exact) mass is 334 g/mol. The zero-order chi connectivity index (χ0) is 17.1. The lowest BCUT2D eigenvalue weighted by Gasteiger charge is -2.38. The molecule has 1 fully saturated rings.